The second-order valence-corrected chi connectivity index (χ2v) is 4.41. The summed E-state index contributed by atoms with van der Waals surface area (Å²) in [6.45, 7) is 3.93. The molecule has 20 heavy (non-hydrogen) atoms. The molecule has 1 aromatic rings. The van der Waals surface area contributed by atoms with Gasteiger partial charge in [-0.05, 0) is 31.0 Å². The van der Waals surface area contributed by atoms with Gasteiger partial charge < -0.3 is 10.1 Å². The van der Waals surface area contributed by atoms with Gasteiger partial charge in [0.1, 0.15) is 0 Å². The lowest BCUT2D eigenvalue weighted by atomic mass is 9.98. The lowest BCUT2D eigenvalue weighted by Crippen LogP contribution is -2.13. The molecule has 0 radical (unpaired) electrons. The topological polar surface area (TPSA) is 72.5 Å². The summed E-state index contributed by atoms with van der Waals surface area (Å²) in [5.74, 6) is -1.49. The zero-order valence-electron chi connectivity index (χ0n) is 11.4. The molecule has 1 aliphatic rings. The summed E-state index contributed by atoms with van der Waals surface area (Å²) in [7, 11) is 0. The third-order valence-electron chi connectivity index (χ3n) is 3.02. The van der Waals surface area contributed by atoms with Gasteiger partial charge in [0.25, 0.3) is 11.7 Å². The van der Waals surface area contributed by atoms with Crippen molar-refractivity contribution in [2.75, 3.05) is 11.9 Å². The molecule has 0 aromatic heterocycles. The zero-order chi connectivity index (χ0) is 14.7. The van der Waals surface area contributed by atoms with Gasteiger partial charge in [0.15, 0.2) is 0 Å². The average molecular weight is 273 g/mol. The molecule has 1 N–H and O–H groups in total. The molecule has 2 rings (SSSR count). The molecule has 0 aliphatic carbocycles. The summed E-state index contributed by atoms with van der Waals surface area (Å²) in [4.78, 5) is 34.5. The van der Waals surface area contributed by atoms with E-state index < -0.39 is 11.7 Å². The molecule has 0 spiro atoms. The Kier molecular flexibility index (Phi) is 3.98. The lowest BCUT2D eigenvalue weighted by molar-refractivity contribution is -0.142. The van der Waals surface area contributed by atoms with E-state index in [1.807, 2.05) is 13.0 Å². The van der Waals surface area contributed by atoms with Crippen molar-refractivity contribution in [1.29, 1.82) is 0 Å². The number of nitrogens with one attached hydrogen (secondary N) is 1. The maximum Gasteiger partial charge on any atom is 0.309 e. The quantitative estimate of drug-likeness (QED) is 0.673. The largest absolute Gasteiger partial charge is 0.466 e. The summed E-state index contributed by atoms with van der Waals surface area (Å²) >= 11 is 0. The SMILES string of the molecule is CCOC(=O)CC=Cc1c(C)ccc2c1C(=O)C(=O)N2. The molecule has 0 saturated carbocycles. The Morgan fingerprint density at radius 2 is 2.10 bits per heavy atom. The predicted octanol–water partition coefficient (Wildman–Crippen LogP) is 2.10. The summed E-state index contributed by atoms with van der Waals surface area (Å²) in [6.07, 6.45) is 3.45. The number of benzene rings is 1. The summed E-state index contributed by atoms with van der Waals surface area (Å²) in [6, 6.07) is 3.53. The van der Waals surface area contributed by atoms with Gasteiger partial charge in [-0.1, -0.05) is 18.2 Å². The number of aryl methyl sites for hydroxylation is 1. The number of esters is 1. The first-order chi connectivity index (χ1) is 9.54. The molecule has 5 heteroatoms. The molecular formula is C15H15NO4. The van der Waals surface area contributed by atoms with Crippen LogP contribution in [0, 0.1) is 6.92 Å². The monoisotopic (exact) mass is 273 g/mol. The number of amides is 1. The normalized spacial score (nSPS) is 13.5. The highest BCUT2D eigenvalue weighted by atomic mass is 16.5. The molecule has 0 atom stereocenters. The first kappa shape index (κ1) is 14.0. The number of hydrogen-bond donors (Lipinski definition) is 1. The van der Waals surface area contributed by atoms with Crippen molar-refractivity contribution in [3.05, 3.63) is 34.9 Å². The fraction of sp³-hybridized carbons (Fsp3) is 0.267. The van der Waals surface area contributed by atoms with Crippen LogP contribution in [-0.2, 0) is 14.3 Å². The van der Waals surface area contributed by atoms with E-state index in [0.717, 1.165) is 5.56 Å². The highest BCUT2D eigenvalue weighted by Crippen LogP contribution is 2.29. The van der Waals surface area contributed by atoms with Crippen molar-refractivity contribution in [2.45, 2.75) is 20.3 Å². The first-order valence-corrected chi connectivity index (χ1v) is 6.36. The second-order valence-electron chi connectivity index (χ2n) is 4.41. The van der Waals surface area contributed by atoms with Gasteiger partial charge in [0.05, 0.1) is 24.3 Å². The highest BCUT2D eigenvalue weighted by molar-refractivity contribution is 6.52. The van der Waals surface area contributed by atoms with E-state index in [1.165, 1.54) is 0 Å². The Morgan fingerprint density at radius 1 is 1.35 bits per heavy atom. The Bertz CT molecular complexity index is 617. The van der Waals surface area contributed by atoms with E-state index in [1.54, 1.807) is 25.1 Å². The Morgan fingerprint density at radius 3 is 2.80 bits per heavy atom. The highest BCUT2D eigenvalue weighted by Gasteiger charge is 2.30. The number of carbonyl (C=O) groups excluding carboxylic acids is 3. The molecule has 1 aliphatic heterocycles. The number of carbonyl (C=O) groups is 3. The van der Waals surface area contributed by atoms with Gasteiger partial charge in [-0.15, -0.1) is 0 Å². The molecule has 104 valence electrons. The molecule has 1 heterocycles. The zero-order valence-corrected chi connectivity index (χ0v) is 11.4. The van der Waals surface area contributed by atoms with Gasteiger partial charge in [-0.2, -0.15) is 0 Å². The smallest absolute Gasteiger partial charge is 0.309 e. The van der Waals surface area contributed by atoms with Crippen LogP contribution >= 0.6 is 0 Å². The molecular weight excluding hydrogens is 258 g/mol. The molecule has 0 saturated heterocycles. The van der Waals surface area contributed by atoms with Crippen LogP contribution in [0.3, 0.4) is 0 Å². The number of fused-ring (bicyclic) bond motifs is 1. The minimum atomic E-state index is -0.620. The number of ether oxygens (including phenoxy) is 1. The van der Waals surface area contributed by atoms with Crippen LogP contribution in [0.25, 0.3) is 6.08 Å². The Labute approximate surface area is 116 Å². The standard InChI is InChI=1S/C15H15NO4/c1-3-20-12(17)6-4-5-10-9(2)7-8-11-13(10)14(18)15(19)16-11/h4-5,7-8H,3,6H2,1-2H3,(H,16,18,19). The average Bonchev–Trinajstić information content (AvgIpc) is 2.69. The van der Waals surface area contributed by atoms with Crippen LogP contribution in [0.2, 0.25) is 0 Å². The van der Waals surface area contributed by atoms with Gasteiger partial charge in [-0.3, -0.25) is 14.4 Å². The number of anilines is 1. The summed E-state index contributed by atoms with van der Waals surface area (Å²) < 4.78 is 4.82. The fourth-order valence-electron chi connectivity index (χ4n) is 2.07. The van der Waals surface area contributed by atoms with E-state index in [9.17, 15) is 14.4 Å². The minimum absolute atomic E-state index is 0.131. The van der Waals surface area contributed by atoms with Crippen LogP contribution in [0.5, 0.6) is 0 Å². The second kappa shape index (κ2) is 5.69. The van der Waals surface area contributed by atoms with E-state index in [-0.39, 0.29) is 12.4 Å². The number of rotatable bonds is 4. The van der Waals surface area contributed by atoms with Gasteiger partial charge >= 0.3 is 5.97 Å². The van der Waals surface area contributed by atoms with Crippen LogP contribution in [0.4, 0.5) is 5.69 Å². The fourth-order valence-corrected chi connectivity index (χ4v) is 2.07. The Hall–Kier alpha value is -2.43. The molecule has 5 nitrogen and oxygen atoms in total. The van der Waals surface area contributed by atoms with Crippen LogP contribution in [0.15, 0.2) is 18.2 Å². The Balaban J connectivity index is 2.27. The maximum absolute atomic E-state index is 11.8. The summed E-state index contributed by atoms with van der Waals surface area (Å²) in [5.41, 5.74) is 2.42. The third-order valence-corrected chi connectivity index (χ3v) is 3.02. The maximum atomic E-state index is 11.8. The van der Waals surface area contributed by atoms with Gasteiger partial charge in [0, 0.05) is 0 Å². The molecule has 1 aromatic carbocycles. The van der Waals surface area contributed by atoms with Crippen LogP contribution in [-0.4, -0.2) is 24.3 Å². The first-order valence-electron chi connectivity index (χ1n) is 6.36. The van der Waals surface area contributed by atoms with Crippen molar-refractivity contribution >= 4 is 29.4 Å². The van der Waals surface area contributed by atoms with E-state index in [2.05, 4.69) is 5.32 Å². The van der Waals surface area contributed by atoms with E-state index in [0.29, 0.717) is 23.4 Å². The van der Waals surface area contributed by atoms with Crippen molar-refractivity contribution in [3.63, 3.8) is 0 Å². The molecule has 0 bridgehead atoms. The number of ketones is 1. The predicted molar refractivity (Wildman–Crippen MR) is 74.4 cm³/mol. The van der Waals surface area contributed by atoms with E-state index >= 15 is 0 Å². The number of hydrogen-bond acceptors (Lipinski definition) is 4. The van der Waals surface area contributed by atoms with Gasteiger partial charge in [-0.25, -0.2) is 0 Å². The summed E-state index contributed by atoms with van der Waals surface area (Å²) in [5, 5.41) is 2.52. The number of Topliss-reactive ketones (excluding diaryl/α,β-unsaturated/α-hetero) is 1. The van der Waals surface area contributed by atoms with Crippen LogP contribution < -0.4 is 5.32 Å². The van der Waals surface area contributed by atoms with Crippen molar-refractivity contribution in [3.8, 4) is 0 Å². The molecule has 0 fully saturated rings. The van der Waals surface area contributed by atoms with Gasteiger partial charge in [0.2, 0.25) is 0 Å². The minimum Gasteiger partial charge on any atom is -0.466 e. The van der Waals surface area contributed by atoms with Crippen molar-refractivity contribution < 1.29 is 19.1 Å². The molecule has 1 amide bonds. The van der Waals surface area contributed by atoms with E-state index in [4.69, 9.17) is 4.74 Å². The molecule has 0 unspecified atom stereocenters. The van der Waals surface area contributed by atoms with Crippen molar-refractivity contribution in [2.24, 2.45) is 0 Å². The van der Waals surface area contributed by atoms with Crippen LogP contribution in [0.1, 0.15) is 34.8 Å². The lowest BCUT2D eigenvalue weighted by Gasteiger charge is -2.05. The van der Waals surface area contributed by atoms with Crippen molar-refractivity contribution in [1.82, 2.24) is 0 Å². The third kappa shape index (κ3) is 2.61.